The average molecular weight is 1230 g/mol. The van der Waals surface area contributed by atoms with Gasteiger partial charge in [-0.25, -0.2) is 0 Å². The Morgan fingerprint density at radius 1 is 0.425 bits per heavy atom. The number of carbonyl (C=O) groups excluding carboxylic acids is 1. The molecule has 0 bridgehead atoms. The third kappa shape index (κ3) is 41.1. The lowest BCUT2D eigenvalue weighted by molar-refractivity contribution is -0.359. The fourth-order valence-corrected chi connectivity index (χ4v) is 10.9. The van der Waals surface area contributed by atoms with Crippen molar-refractivity contribution in [1.82, 2.24) is 5.32 Å². The molecule has 0 aliphatic carbocycles. The molecule has 0 aromatic heterocycles. The predicted octanol–water partition coefficient (Wildman–Crippen LogP) is 14.2. The van der Waals surface area contributed by atoms with E-state index in [4.69, 9.17) is 18.9 Å². The van der Waals surface area contributed by atoms with Gasteiger partial charge in [-0.2, -0.15) is 0 Å². The molecule has 0 aromatic carbocycles. The molecule has 2 fully saturated rings. The monoisotopic (exact) mass is 1230 g/mol. The highest BCUT2D eigenvalue weighted by molar-refractivity contribution is 5.76. The van der Waals surface area contributed by atoms with Crippen molar-refractivity contribution in [3.05, 3.63) is 97.2 Å². The lowest BCUT2D eigenvalue weighted by Crippen LogP contribution is -2.65. The fourth-order valence-electron chi connectivity index (χ4n) is 10.9. The maximum Gasteiger partial charge on any atom is 0.220 e. The molecule has 2 rings (SSSR count). The summed E-state index contributed by atoms with van der Waals surface area (Å²) in [5.74, 6) is -0.259. The van der Waals surface area contributed by atoms with Gasteiger partial charge in [0, 0.05) is 6.42 Å². The summed E-state index contributed by atoms with van der Waals surface area (Å²) in [4.78, 5) is 13.3. The highest BCUT2D eigenvalue weighted by Crippen LogP contribution is 2.30. The number of unbranched alkanes of at least 4 members (excludes halogenated alkanes) is 29. The van der Waals surface area contributed by atoms with E-state index in [0.717, 1.165) is 83.5 Å². The number of nitrogens with one attached hydrogen (secondary N) is 1. The van der Waals surface area contributed by atoms with E-state index in [1.54, 1.807) is 6.08 Å². The van der Waals surface area contributed by atoms with E-state index in [9.17, 15) is 45.6 Å². The van der Waals surface area contributed by atoms with Gasteiger partial charge in [-0.1, -0.05) is 265 Å². The molecule has 14 nitrogen and oxygen atoms in total. The molecule has 2 aliphatic rings. The van der Waals surface area contributed by atoms with Crippen molar-refractivity contribution in [3.8, 4) is 0 Å². The minimum absolute atomic E-state index is 0.259. The average Bonchev–Trinajstić information content (AvgIpc) is 2.58. The van der Waals surface area contributed by atoms with Crippen molar-refractivity contribution in [2.45, 2.75) is 338 Å². The second-order valence-corrected chi connectivity index (χ2v) is 24.3. The molecule has 0 saturated carbocycles. The number of allylic oxidation sites excluding steroid dienone is 15. The smallest absolute Gasteiger partial charge is 0.220 e. The van der Waals surface area contributed by atoms with E-state index in [2.05, 4.69) is 104 Å². The molecule has 0 radical (unpaired) electrons. The van der Waals surface area contributed by atoms with E-state index in [1.807, 2.05) is 6.08 Å². The van der Waals surface area contributed by atoms with Gasteiger partial charge in [0.2, 0.25) is 5.91 Å². The Balaban J connectivity index is 1.72. The van der Waals surface area contributed by atoms with Gasteiger partial charge in [0.1, 0.15) is 48.8 Å². The van der Waals surface area contributed by atoms with Crippen LogP contribution in [0.3, 0.4) is 0 Å². The van der Waals surface area contributed by atoms with Crippen molar-refractivity contribution < 1.29 is 64.6 Å². The Morgan fingerprint density at radius 2 is 0.805 bits per heavy atom. The predicted molar refractivity (Wildman–Crippen MR) is 355 cm³/mol. The third-order valence-corrected chi connectivity index (χ3v) is 16.5. The van der Waals surface area contributed by atoms with Crippen LogP contribution in [0.15, 0.2) is 97.2 Å². The Bertz CT molecular complexity index is 1830. The zero-order valence-electron chi connectivity index (χ0n) is 54.5. The Morgan fingerprint density at radius 3 is 1.26 bits per heavy atom. The maximum absolute atomic E-state index is 13.3. The van der Waals surface area contributed by atoms with Crippen LogP contribution in [0.2, 0.25) is 0 Å². The van der Waals surface area contributed by atoms with Crippen molar-refractivity contribution in [2.24, 2.45) is 0 Å². The van der Waals surface area contributed by atoms with E-state index in [-0.39, 0.29) is 18.9 Å². The van der Waals surface area contributed by atoms with E-state index < -0.39 is 86.8 Å². The maximum atomic E-state index is 13.3. The van der Waals surface area contributed by atoms with Gasteiger partial charge in [-0.3, -0.25) is 4.79 Å². The van der Waals surface area contributed by atoms with E-state index in [1.165, 1.54) is 148 Å². The second-order valence-electron chi connectivity index (χ2n) is 24.3. The second kappa shape index (κ2) is 56.9. The summed E-state index contributed by atoms with van der Waals surface area (Å²) in [7, 11) is 0. The number of aliphatic hydroxyl groups excluding tert-OH is 8. The van der Waals surface area contributed by atoms with Crippen LogP contribution in [-0.4, -0.2) is 140 Å². The summed E-state index contributed by atoms with van der Waals surface area (Å²) in [6.07, 6.45) is 63.1. The van der Waals surface area contributed by atoms with Gasteiger partial charge in [0.05, 0.1) is 32.0 Å². The quantitative estimate of drug-likeness (QED) is 0.0204. The molecule has 0 aromatic rings. The summed E-state index contributed by atoms with van der Waals surface area (Å²) in [6, 6.07) is -0.947. The van der Waals surface area contributed by atoms with Crippen LogP contribution in [0, 0.1) is 0 Å². The molecule has 12 atom stereocenters. The van der Waals surface area contributed by atoms with Crippen LogP contribution in [0.25, 0.3) is 0 Å². The molecular weight excluding hydrogens is 1100 g/mol. The minimum atomic E-state index is -1.80. The Labute approximate surface area is 528 Å². The van der Waals surface area contributed by atoms with E-state index in [0.29, 0.717) is 12.8 Å². The minimum Gasteiger partial charge on any atom is -0.394 e. The molecule has 502 valence electrons. The number of aliphatic hydroxyl groups is 8. The first kappa shape index (κ1) is 80.0. The van der Waals surface area contributed by atoms with Crippen LogP contribution < -0.4 is 5.32 Å². The Kier molecular flexibility index (Phi) is 52.3. The first-order valence-electron chi connectivity index (χ1n) is 35.0. The van der Waals surface area contributed by atoms with Crippen LogP contribution in [0.5, 0.6) is 0 Å². The normalized spacial score (nSPS) is 23.9. The molecule has 1 amide bonds. The Hall–Kier alpha value is -3.09. The number of hydrogen-bond donors (Lipinski definition) is 9. The first-order chi connectivity index (χ1) is 42.6. The number of ether oxygens (including phenoxy) is 4. The molecule has 2 aliphatic heterocycles. The molecular formula is C73H127NO13. The van der Waals surface area contributed by atoms with Gasteiger partial charge in [0.15, 0.2) is 12.6 Å². The molecule has 2 heterocycles. The van der Waals surface area contributed by atoms with Crippen molar-refractivity contribution >= 4 is 5.91 Å². The lowest BCUT2D eigenvalue weighted by atomic mass is 9.97. The molecule has 2 saturated heterocycles. The zero-order valence-corrected chi connectivity index (χ0v) is 54.5. The summed E-state index contributed by atoms with van der Waals surface area (Å²) in [6.45, 7) is 2.68. The summed E-state index contributed by atoms with van der Waals surface area (Å²) < 4.78 is 22.8. The highest BCUT2D eigenvalue weighted by Gasteiger charge is 2.51. The van der Waals surface area contributed by atoms with E-state index >= 15 is 0 Å². The standard InChI is InChI=1S/C73H127NO13/c1-3-5-7-9-11-13-15-17-19-21-23-25-27-29-31-33-35-37-39-41-43-45-47-49-51-53-55-57-65(78)74-61(60-84-72-70(83)68(81)71(64(59-76)86-72)87-73-69(82)67(80)66(79)63(58-75)85-73)62(77)56-54-52-50-48-46-44-42-40-38-36-34-32-30-28-26-24-22-20-18-16-14-12-10-8-6-4-2/h5,7,11,13,17,19,23,25,29,31,38,40,46,48,54,56,61-64,66-73,75-77,79-83H,3-4,6,8-10,12,14-16,18,20-22,24,26-28,30,32-37,39,41-45,47,49-53,55,57-60H2,1-2H3,(H,74,78)/b7-5-,13-11-,19-17-,25-23-,31-29-,40-38+,48-46+,56-54+. The van der Waals surface area contributed by atoms with Crippen molar-refractivity contribution in [3.63, 3.8) is 0 Å². The lowest BCUT2D eigenvalue weighted by Gasteiger charge is -2.46. The highest BCUT2D eigenvalue weighted by atomic mass is 16.7. The van der Waals surface area contributed by atoms with Crippen LogP contribution in [0.4, 0.5) is 0 Å². The summed E-state index contributed by atoms with van der Waals surface area (Å²) >= 11 is 0. The zero-order chi connectivity index (χ0) is 63.1. The van der Waals surface area contributed by atoms with Crippen LogP contribution in [0.1, 0.15) is 264 Å². The van der Waals surface area contributed by atoms with Gasteiger partial charge in [-0.05, 0) is 89.9 Å². The van der Waals surface area contributed by atoms with Crippen LogP contribution in [-0.2, 0) is 23.7 Å². The molecule has 14 heteroatoms. The fraction of sp³-hybridized carbons (Fsp3) is 0.767. The SMILES string of the molecule is CC/C=C\C/C=C\C/C=C\C/C=C\C/C=C\CCCCCCCCCCCCCC(=O)NC(COC1OC(CO)C(OC2OC(CO)C(O)C(O)C2O)C(O)C1O)C(O)/C=C/CC/C=C/CC/C=C/CCCCCCCCCCCCCCCCCC. The van der Waals surface area contributed by atoms with Crippen molar-refractivity contribution in [1.29, 1.82) is 0 Å². The summed E-state index contributed by atoms with van der Waals surface area (Å²) in [5.41, 5.74) is 0. The summed E-state index contributed by atoms with van der Waals surface area (Å²) in [5, 5.41) is 87.4. The van der Waals surface area contributed by atoms with Gasteiger partial charge >= 0.3 is 0 Å². The third-order valence-electron chi connectivity index (χ3n) is 16.5. The topological polar surface area (TPSA) is 228 Å². The number of carbonyl (C=O) groups is 1. The molecule has 0 spiro atoms. The molecule has 12 unspecified atom stereocenters. The molecule has 9 N–H and O–H groups in total. The van der Waals surface area contributed by atoms with Crippen molar-refractivity contribution in [2.75, 3.05) is 19.8 Å². The first-order valence-corrected chi connectivity index (χ1v) is 35.0. The number of hydrogen-bond acceptors (Lipinski definition) is 13. The molecule has 87 heavy (non-hydrogen) atoms. The largest absolute Gasteiger partial charge is 0.394 e. The van der Waals surface area contributed by atoms with Gasteiger partial charge in [-0.15, -0.1) is 0 Å². The number of rotatable bonds is 56. The number of amides is 1. The van der Waals surface area contributed by atoms with Crippen LogP contribution >= 0.6 is 0 Å². The van der Waals surface area contributed by atoms with Gasteiger partial charge in [0.25, 0.3) is 0 Å². The van der Waals surface area contributed by atoms with Gasteiger partial charge < -0.3 is 65.1 Å².